The van der Waals surface area contributed by atoms with E-state index in [1.807, 2.05) is 12.1 Å². The van der Waals surface area contributed by atoms with E-state index in [0.29, 0.717) is 12.0 Å². The van der Waals surface area contributed by atoms with Crippen molar-refractivity contribution in [3.63, 3.8) is 0 Å². The van der Waals surface area contributed by atoms with Gasteiger partial charge in [-0.1, -0.05) is 13.8 Å². The first-order valence-electron chi connectivity index (χ1n) is 5.98. The van der Waals surface area contributed by atoms with Crippen molar-refractivity contribution in [3.8, 4) is 0 Å². The van der Waals surface area contributed by atoms with Gasteiger partial charge in [0.1, 0.15) is 0 Å². The van der Waals surface area contributed by atoms with Gasteiger partial charge in [-0.2, -0.15) is 10.2 Å². The van der Waals surface area contributed by atoms with Gasteiger partial charge in [0.05, 0.1) is 5.69 Å². The van der Waals surface area contributed by atoms with Crippen LogP contribution in [0.4, 0.5) is 0 Å². The fourth-order valence-corrected chi connectivity index (χ4v) is 2.08. The van der Waals surface area contributed by atoms with E-state index in [0.717, 1.165) is 31.9 Å². The summed E-state index contributed by atoms with van der Waals surface area (Å²) in [4.78, 5) is 2.45. The van der Waals surface area contributed by atoms with Crippen molar-refractivity contribution in [3.05, 3.63) is 24.0 Å². The Balaban J connectivity index is 1.90. The van der Waals surface area contributed by atoms with Crippen molar-refractivity contribution in [2.75, 3.05) is 19.6 Å². The van der Waals surface area contributed by atoms with Gasteiger partial charge < -0.3 is 5.32 Å². The smallest absolute Gasteiger partial charge is 0.0771 e. The van der Waals surface area contributed by atoms with Crippen molar-refractivity contribution in [1.82, 2.24) is 20.4 Å². The van der Waals surface area contributed by atoms with E-state index in [1.54, 1.807) is 6.20 Å². The number of hydrogen-bond donors (Lipinski definition) is 1. The highest BCUT2D eigenvalue weighted by Crippen LogP contribution is 2.10. The SMILES string of the molecule is CC(C)C1CN(Cc2cccnn2)CCN1. The van der Waals surface area contributed by atoms with E-state index in [4.69, 9.17) is 0 Å². The number of piperazine rings is 1. The normalized spacial score (nSPS) is 22.6. The summed E-state index contributed by atoms with van der Waals surface area (Å²) in [6.07, 6.45) is 1.72. The average Bonchev–Trinajstić information content (AvgIpc) is 2.30. The molecule has 1 aromatic heterocycles. The van der Waals surface area contributed by atoms with Gasteiger partial charge >= 0.3 is 0 Å². The third-order valence-electron chi connectivity index (χ3n) is 3.11. The third-order valence-corrected chi connectivity index (χ3v) is 3.11. The van der Waals surface area contributed by atoms with Crippen LogP contribution in [0.15, 0.2) is 18.3 Å². The second-order valence-electron chi connectivity index (χ2n) is 4.75. The molecule has 4 heteroatoms. The maximum absolute atomic E-state index is 4.13. The summed E-state index contributed by atoms with van der Waals surface area (Å²) in [5, 5.41) is 11.6. The number of nitrogens with one attached hydrogen (secondary N) is 1. The number of nitrogens with zero attached hydrogens (tertiary/aromatic N) is 3. The molecule has 1 aliphatic heterocycles. The average molecular weight is 220 g/mol. The minimum absolute atomic E-state index is 0.602. The zero-order valence-electron chi connectivity index (χ0n) is 10.1. The van der Waals surface area contributed by atoms with Crippen molar-refractivity contribution in [1.29, 1.82) is 0 Å². The summed E-state index contributed by atoms with van der Waals surface area (Å²) in [6.45, 7) is 8.73. The first-order valence-corrected chi connectivity index (χ1v) is 5.98. The van der Waals surface area contributed by atoms with E-state index in [-0.39, 0.29) is 0 Å². The highest BCUT2D eigenvalue weighted by atomic mass is 15.2. The predicted octanol–water partition coefficient (Wildman–Crippen LogP) is 0.906. The number of aromatic nitrogens is 2. The lowest BCUT2D eigenvalue weighted by molar-refractivity contribution is 0.166. The molecule has 88 valence electrons. The van der Waals surface area contributed by atoms with Crippen molar-refractivity contribution in [2.45, 2.75) is 26.4 Å². The Hall–Kier alpha value is -1.00. The van der Waals surface area contributed by atoms with Gasteiger partial charge in [0.2, 0.25) is 0 Å². The summed E-state index contributed by atoms with van der Waals surface area (Å²) in [6, 6.07) is 4.59. The van der Waals surface area contributed by atoms with Crippen LogP contribution < -0.4 is 5.32 Å². The van der Waals surface area contributed by atoms with Crippen LogP contribution in [0.25, 0.3) is 0 Å². The van der Waals surface area contributed by atoms with E-state index in [1.165, 1.54) is 0 Å². The largest absolute Gasteiger partial charge is 0.311 e. The lowest BCUT2D eigenvalue weighted by atomic mass is 10.0. The summed E-state index contributed by atoms with van der Waals surface area (Å²) >= 11 is 0. The zero-order chi connectivity index (χ0) is 11.4. The molecule has 0 radical (unpaired) electrons. The minimum Gasteiger partial charge on any atom is -0.311 e. The molecule has 2 heterocycles. The van der Waals surface area contributed by atoms with Gasteiger partial charge in [0.25, 0.3) is 0 Å². The maximum atomic E-state index is 4.13. The van der Waals surface area contributed by atoms with E-state index in [2.05, 4.69) is 34.3 Å². The molecule has 0 bridgehead atoms. The Morgan fingerprint density at radius 1 is 1.56 bits per heavy atom. The van der Waals surface area contributed by atoms with E-state index < -0.39 is 0 Å². The van der Waals surface area contributed by atoms with Crippen LogP contribution in [0.3, 0.4) is 0 Å². The summed E-state index contributed by atoms with van der Waals surface area (Å²) in [5.41, 5.74) is 1.06. The highest BCUT2D eigenvalue weighted by molar-refractivity contribution is 4.99. The fraction of sp³-hybridized carbons (Fsp3) is 0.667. The van der Waals surface area contributed by atoms with Crippen LogP contribution in [0, 0.1) is 5.92 Å². The van der Waals surface area contributed by atoms with Gasteiger partial charge in [0, 0.05) is 38.4 Å². The molecule has 1 fully saturated rings. The van der Waals surface area contributed by atoms with Crippen LogP contribution in [-0.4, -0.2) is 40.8 Å². The molecule has 0 spiro atoms. The van der Waals surface area contributed by atoms with E-state index in [9.17, 15) is 0 Å². The molecule has 0 aliphatic carbocycles. The lowest BCUT2D eigenvalue weighted by Gasteiger charge is -2.35. The van der Waals surface area contributed by atoms with Crippen LogP contribution in [-0.2, 0) is 6.54 Å². The van der Waals surface area contributed by atoms with Crippen LogP contribution in [0.1, 0.15) is 19.5 Å². The van der Waals surface area contributed by atoms with Crippen molar-refractivity contribution >= 4 is 0 Å². The molecule has 1 aromatic rings. The highest BCUT2D eigenvalue weighted by Gasteiger charge is 2.21. The molecule has 4 nitrogen and oxygen atoms in total. The fourth-order valence-electron chi connectivity index (χ4n) is 2.08. The first-order chi connectivity index (χ1) is 7.75. The molecule has 0 saturated carbocycles. The van der Waals surface area contributed by atoms with E-state index >= 15 is 0 Å². The molecule has 0 aromatic carbocycles. The number of rotatable bonds is 3. The Kier molecular flexibility index (Phi) is 3.85. The Labute approximate surface area is 97.1 Å². The molecular formula is C12H20N4. The molecular weight excluding hydrogens is 200 g/mol. The second kappa shape index (κ2) is 5.37. The maximum Gasteiger partial charge on any atom is 0.0771 e. The Morgan fingerprint density at radius 2 is 2.44 bits per heavy atom. The van der Waals surface area contributed by atoms with Crippen molar-refractivity contribution < 1.29 is 0 Å². The minimum atomic E-state index is 0.602. The Bertz CT molecular complexity index is 312. The Morgan fingerprint density at radius 3 is 3.12 bits per heavy atom. The predicted molar refractivity (Wildman–Crippen MR) is 63.9 cm³/mol. The van der Waals surface area contributed by atoms with Crippen molar-refractivity contribution in [2.24, 2.45) is 5.92 Å². The molecule has 1 saturated heterocycles. The summed E-state index contributed by atoms with van der Waals surface area (Å²) in [7, 11) is 0. The van der Waals surface area contributed by atoms with Crippen LogP contribution in [0.2, 0.25) is 0 Å². The van der Waals surface area contributed by atoms with Gasteiger partial charge in [-0.3, -0.25) is 4.90 Å². The third kappa shape index (κ3) is 3.00. The molecule has 1 N–H and O–H groups in total. The zero-order valence-corrected chi connectivity index (χ0v) is 10.1. The quantitative estimate of drug-likeness (QED) is 0.822. The summed E-state index contributed by atoms with van der Waals surface area (Å²) < 4.78 is 0. The molecule has 2 rings (SSSR count). The van der Waals surface area contributed by atoms with Gasteiger partial charge in [0.15, 0.2) is 0 Å². The standard InChI is InChI=1S/C12H20N4/c1-10(2)12-9-16(7-6-13-12)8-11-4-3-5-14-15-11/h3-5,10,12-13H,6-9H2,1-2H3. The van der Waals surface area contributed by atoms with Gasteiger partial charge in [-0.25, -0.2) is 0 Å². The van der Waals surface area contributed by atoms with Gasteiger partial charge in [-0.05, 0) is 18.1 Å². The topological polar surface area (TPSA) is 41.1 Å². The first kappa shape index (κ1) is 11.5. The van der Waals surface area contributed by atoms with Crippen LogP contribution in [0.5, 0.6) is 0 Å². The molecule has 16 heavy (non-hydrogen) atoms. The monoisotopic (exact) mass is 220 g/mol. The second-order valence-corrected chi connectivity index (χ2v) is 4.75. The molecule has 1 unspecified atom stereocenters. The summed E-state index contributed by atoms with van der Waals surface area (Å²) in [5.74, 6) is 0.685. The molecule has 1 atom stereocenters. The van der Waals surface area contributed by atoms with Gasteiger partial charge in [-0.15, -0.1) is 0 Å². The lowest BCUT2D eigenvalue weighted by Crippen LogP contribution is -2.52. The molecule has 0 amide bonds. The number of hydrogen-bond acceptors (Lipinski definition) is 4. The molecule has 1 aliphatic rings. The van der Waals surface area contributed by atoms with Crippen LogP contribution >= 0.6 is 0 Å².